The molecule has 6 rings (SSSR count). The summed E-state index contributed by atoms with van der Waals surface area (Å²) < 4.78 is 11.3. The molecule has 1 N–H and O–H groups in total. The maximum Gasteiger partial charge on any atom is 0.238 e. The molecule has 41 heavy (non-hydrogen) atoms. The van der Waals surface area contributed by atoms with E-state index in [1.54, 1.807) is 37.3 Å². The van der Waals surface area contributed by atoms with Crippen molar-refractivity contribution in [1.29, 1.82) is 0 Å². The van der Waals surface area contributed by atoms with Crippen molar-refractivity contribution >= 4 is 35.1 Å². The van der Waals surface area contributed by atoms with Crippen LogP contribution in [-0.2, 0) is 19.2 Å². The SMILES string of the molecule is C=Cc1ccc(N2C(=O)[C@H]3[C@H](CC=C4[C@H](c5c(OC)cc(O)cc5OC)C5=C(C[C@H]43)C(=O)C(C)=CC5=O)C2=O)cc1. The highest BCUT2D eigenvalue weighted by molar-refractivity contribution is 6.25. The Morgan fingerprint density at radius 1 is 0.976 bits per heavy atom. The number of nitrogens with zero attached hydrogens (tertiary/aromatic N) is 1. The number of carbonyl (C=O) groups is 4. The van der Waals surface area contributed by atoms with Crippen LogP contribution in [0.3, 0.4) is 0 Å². The number of aromatic hydroxyl groups is 1. The van der Waals surface area contributed by atoms with E-state index in [1.807, 2.05) is 6.08 Å². The molecule has 3 aliphatic carbocycles. The minimum atomic E-state index is -0.764. The molecule has 0 saturated carbocycles. The van der Waals surface area contributed by atoms with Gasteiger partial charge in [0.2, 0.25) is 11.8 Å². The third kappa shape index (κ3) is 3.89. The van der Waals surface area contributed by atoms with E-state index in [0.29, 0.717) is 34.4 Å². The molecule has 8 nitrogen and oxygen atoms in total. The lowest BCUT2D eigenvalue weighted by Gasteiger charge is -2.42. The highest BCUT2D eigenvalue weighted by Gasteiger charge is 2.57. The number of carbonyl (C=O) groups excluding carboxylic acids is 4. The number of hydrogen-bond donors (Lipinski definition) is 1. The van der Waals surface area contributed by atoms with Gasteiger partial charge in [-0.2, -0.15) is 0 Å². The monoisotopic (exact) mass is 551 g/mol. The first-order valence-electron chi connectivity index (χ1n) is 13.5. The minimum Gasteiger partial charge on any atom is -0.508 e. The summed E-state index contributed by atoms with van der Waals surface area (Å²) in [5.41, 5.74) is 3.59. The molecule has 1 saturated heterocycles. The van der Waals surface area contributed by atoms with Crippen LogP contribution in [0, 0.1) is 17.8 Å². The molecule has 1 aliphatic heterocycles. The fraction of sp³-hybridized carbons (Fsp3) is 0.273. The molecule has 0 radical (unpaired) electrons. The third-order valence-electron chi connectivity index (χ3n) is 8.77. The van der Waals surface area contributed by atoms with Crippen molar-refractivity contribution in [3.63, 3.8) is 0 Å². The van der Waals surface area contributed by atoms with Crippen molar-refractivity contribution in [2.45, 2.75) is 25.7 Å². The standard InChI is InChI=1S/C33H29NO7/c1-5-17-6-8-18(9-7-17)34-32(38)21-11-10-20-22(27(21)33(34)39)15-23-28(24(36)12-16(2)31(23)37)29(20)30-25(40-3)13-19(35)14-26(30)41-4/h5-10,12-14,21-22,27,29,35H,1,11,15H2,2-4H3/t21-,22+,27-,29-/m0/s1. The zero-order valence-corrected chi connectivity index (χ0v) is 23.0. The fourth-order valence-corrected chi connectivity index (χ4v) is 6.94. The molecule has 2 aromatic carbocycles. The van der Waals surface area contributed by atoms with Crippen LogP contribution < -0.4 is 14.4 Å². The van der Waals surface area contributed by atoms with Crippen LogP contribution in [0.2, 0.25) is 0 Å². The van der Waals surface area contributed by atoms with Crippen molar-refractivity contribution in [2.75, 3.05) is 19.1 Å². The Kier molecular flexibility index (Phi) is 6.29. The van der Waals surface area contributed by atoms with Crippen LogP contribution in [0.5, 0.6) is 17.2 Å². The Morgan fingerprint density at radius 2 is 1.63 bits per heavy atom. The molecule has 0 aromatic heterocycles. The second kappa shape index (κ2) is 9.73. The second-order valence-corrected chi connectivity index (χ2v) is 10.8. The van der Waals surface area contributed by atoms with Crippen LogP contribution in [0.1, 0.15) is 36.8 Å². The molecule has 2 amide bonds. The number of Topliss-reactive ketones (excluding diaryl/α,β-unsaturated/α-hetero) is 1. The number of methoxy groups -OCH3 is 2. The van der Waals surface area contributed by atoms with Crippen molar-refractivity contribution in [1.82, 2.24) is 0 Å². The smallest absolute Gasteiger partial charge is 0.238 e. The fourth-order valence-electron chi connectivity index (χ4n) is 6.94. The molecule has 2 aromatic rings. The van der Waals surface area contributed by atoms with Crippen molar-refractivity contribution < 1.29 is 33.8 Å². The quantitative estimate of drug-likeness (QED) is 0.326. The molecule has 8 heteroatoms. The van der Waals surface area contributed by atoms with Gasteiger partial charge in [-0.1, -0.05) is 36.4 Å². The number of hydrogen-bond acceptors (Lipinski definition) is 7. The summed E-state index contributed by atoms with van der Waals surface area (Å²) in [6.07, 6.45) is 5.44. The first-order chi connectivity index (χ1) is 19.7. The van der Waals surface area contributed by atoms with Crippen molar-refractivity contribution in [3.05, 3.63) is 88.5 Å². The maximum atomic E-state index is 14.1. The normalized spacial score (nSPS) is 25.3. The van der Waals surface area contributed by atoms with Gasteiger partial charge in [-0.15, -0.1) is 0 Å². The van der Waals surface area contributed by atoms with Crippen LogP contribution in [0.4, 0.5) is 5.69 Å². The molecule has 0 bridgehead atoms. The van der Waals surface area contributed by atoms with Gasteiger partial charge in [0, 0.05) is 40.3 Å². The summed E-state index contributed by atoms with van der Waals surface area (Å²) in [6.45, 7) is 5.36. The van der Waals surface area contributed by atoms with E-state index in [1.165, 1.54) is 37.3 Å². The van der Waals surface area contributed by atoms with Crippen LogP contribution in [0.15, 0.2) is 77.4 Å². The van der Waals surface area contributed by atoms with Gasteiger partial charge in [-0.25, -0.2) is 0 Å². The van der Waals surface area contributed by atoms with Crippen molar-refractivity contribution in [2.24, 2.45) is 17.8 Å². The molecule has 4 atom stereocenters. The number of imide groups is 1. The summed E-state index contributed by atoms with van der Waals surface area (Å²) in [5, 5.41) is 10.3. The van der Waals surface area contributed by atoms with E-state index in [9.17, 15) is 24.3 Å². The van der Waals surface area contributed by atoms with Gasteiger partial charge in [-0.05, 0) is 49.5 Å². The molecule has 1 fully saturated rings. The number of phenolic OH excluding ortho intramolecular Hbond substituents is 1. The summed E-state index contributed by atoms with van der Waals surface area (Å²) in [5.74, 6) is -3.23. The second-order valence-electron chi connectivity index (χ2n) is 10.8. The maximum absolute atomic E-state index is 14.1. The van der Waals surface area contributed by atoms with Crippen LogP contribution >= 0.6 is 0 Å². The summed E-state index contributed by atoms with van der Waals surface area (Å²) >= 11 is 0. The lowest BCUT2D eigenvalue weighted by atomic mass is 9.59. The van der Waals surface area contributed by atoms with Gasteiger partial charge < -0.3 is 14.6 Å². The van der Waals surface area contributed by atoms with Gasteiger partial charge in [0.1, 0.15) is 17.2 Å². The molecule has 0 spiro atoms. The van der Waals surface area contributed by atoms with E-state index in [0.717, 1.165) is 11.1 Å². The number of phenols is 1. The zero-order valence-electron chi connectivity index (χ0n) is 23.0. The first-order valence-corrected chi connectivity index (χ1v) is 13.5. The number of ether oxygens (including phenoxy) is 2. The van der Waals surface area contributed by atoms with E-state index in [4.69, 9.17) is 9.47 Å². The zero-order chi connectivity index (χ0) is 29.2. The predicted molar refractivity (Wildman–Crippen MR) is 152 cm³/mol. The summed E-state index contributed by atoms with van der Waals surface area (Å²) in [6, 6.07) is 9.92. The highest BCUT2D eigenvalue weighted by Crippen LogP contribution is 2.58. The Labute approximate surface area is 237 Å². The number of anilines is 1. The predicted octanol–water partition coefficient (Wildman–Crippen LogP) is 4.69. The number of benzene rings is 2. The van der Waals surface area contributed by atoms with Gasteiger partial charge >= 0.3 is 0 Å². The first kappa shape index (κ1) is 26.5. The molecular formula is C33H29NO7. The van der Waals surface area contributed by atoms with Gasteiger partial charge in [0.15, 0.2) is 11.6 Å². The number of amides is 2. The summed E-state index contributed by atoms with van der Waals surface area (Å²) in [4.78, 5) is 56.1. The molecular weight excluding hydrogens is 522 g/mol. The lowest BCUT2D eigenvalue weighted by Crippen LogP contribution is -2.40. The molecule has 4 aliphatic rings. The van der Waals surface area contributed by atoms with Crippen molar-refractivity contribution in [3.8, 4) is 17.2 Å². The largest absolute Gasteiger partial charge is 0.508 e. The summed E-state index contributed by atoms with van der Waals surface area (Å²) in [7, 11) is 2.90. The average Bonchev–Trinajstić information content (AvgIpc) is 3.23. The Morgan fingerprint density at radius 3 is 2.24 bits per heavy atom. The van der Waals surface area contributed by atoms with Crippen LogP contribution in [0.25, 0.3) is 6.08 Å². The van der Waals surface area contributed by atoms with E-state index in [-0.39, 0.29) is 47.1 Å². The van der Waals surface area contributed by atoms with Crippen LogP contribution in [-0.4, -0.2) is 42.7 Å². The number of rotatable bonds is 5. The average molecular weight is 552 g/mol. The highest BCUT2D eigenvalue weighted by atomic mass is 16.5. The Bertz CT molecular complexity index is 1620. The van der Waals surface area contributed by atoms with E-state index in [2.05, 4.69) is 6.58 Å². The number of ketones is 2. The molecule has 1 heterocycles. The minimum absolute atomic E-state index is 0.0850. The topological polar surface area (TPSA) is 110 Å². The van der Waals surface area contributed by atoms with Gasteiger partial charge in [0.05, 0.1) is 31.7 Å². The Balaban J connectivity index is 1.52. The number of allylic oxidation sites excluding steroid dienone is 6. The van der Waals surface area contributed by atoms with Gasteiger partial charge in [0.25, 0.3) is 0 Å². The number of fused-ring (bicyclic) bond motifs is 3. The van der Waals surface area contributed by atoms with Gasteiger partial charge in [-0.3, -0.25) is 24.1 Å². The molecule has 208 valence electrons. The third-order valence-corrected chi connectivity index (χ3v) is 8.77. The van der Waals surface area contributed by atoms with E-state index >= 15 is 0 Å². The van der Waals surface area contributed by atoms with E-state index < -0.39 is 23.7 Å². The Hall–Kier alpha value is -4.72. The molecule has 0 unspecified atom stereocenters. The lowest BCUT2D eigenvalue weighted by molar-refractivity contribution is -0.123.